The van der Waals surface area contributed by atoms with Gasteiger partial charge in [0.15, 0.2) is 0 Å². The van der Waals surface area contributed by atoms with Crippen LogP contribution in [0.15, 0.2) is 12.1 Å². The van der Waals surface area contributed by atoms with Crippen molar-refractivity contribution >= 4 is 17.3 Å². The van der Waals surface area contributed by atoms with Gasteiger partial charge in [-0.15, -0.1) is 0 Å². The van der Waals surface area contributed by atoms with Crippen molar-refractivity contribution in [1.29, 1.82) is 0 Å². The van der Waals surface area contributed by atoms with E-state index in [0.29, 0.717) is 18.1 Å². The SMILES string of the molecule is COc1cc(C)c(Cl)cc1N(C)CC(N)CN. The zero-order valence-electron chi connectivity index (χ0n) is 10.5. The van der Waals surface area contributed by atoms with E-state index < -0.39 is 0 Å². The number of nitrogens with two attached hydrogens (primary N) is 2. The first-order valence-corrected chi connectivity index (χ1v) is 5.88. The first-order valence-electron chi connectivity index (χ1n) is 5.50. The summed E-state index contributed by atoms with van der Waals surface area (Å²) in [6.45, 7) is 3.05. The topological polar surface area (TPSA) is 64.5 Å². The standard InChI is InChI=1S/C12H20ClN3O/c1-8-4-12(17-3)11(5-10(8)13)16(2)7-9(15)6-14/h4-5,9H,6-7,14-15H2,1-3H3. The Bertz CT molecular complexity index is 384. The lowest BCUT2D eigenvalue weighted by Gasteiger charge is -2.25. The number of nitrogens with zero attached hydrogens (tertiary/aromatic N) is 1. The highest BCUT2D eigenvalue weighted by Crippen LogP contribution is 2.33. The van der Waals surface area contributed by atoms with Gasteiger partial charge in [0, 0.05) is 31.2 Å². The third-order valence-corrected chi connectivity index (χ3v) is 3.09. The third-order valence-electron chi connectivity index (χ3n) is 2.68. The van der Waals surface area contributed by atoms with E-state index in [1.54, 1.807) is 7.11 Å². The fraction of sp³-hybridized carbons (Fsp3) is 0.500. The molecule has 4 N–H and O–H groups in total. The molecular formula is C12H20ClN3O. The average Bonchev–Trinajstić information content (AvgIpc) is 2.31. The van der Waals surface area contributed by atoms with Crippen molar-refractivity contribution in [2.75, 3.05) is 32.1 Å². The number of anilines is 1. The molecule has 1 aromatic rings. The van der Waals surface area contributed by atoms with Crippen molar-refractivity contribution in [3.63, 3.8) is 0 Å². The summed E-state index contributed by atoms with van der Waals surface area (Å²) in [5, 5.41) is 0.717. The van der Waals surface area contributed by atoms with Crippen LogP contribution in [0.4, 0.5) is 5.69 Å². The van der Waals surface area contributed by atoms with Crippen molar-refractivity contribution in [2.45, 2.75) is 13.0 Å². The van der Waals surface area contributed by atoms with Crippen LogP contribution in [0.5, 0.6) is 5.75 Å². The number of rotatable bonds is 5. The van der Waals surface area contributed by atoms with Crippen LogP contribution >= 0.6 is 11.6 Å². The third kappa shape index (κ3) is 3.49. The Balaban J connectivity index is 2.99. The van der Waals surface area contributed by atoms with Gasteiger partial charge in [-0.1, -0.05) is 11.6 Å². The van der Waals surface area contributed by atoms with E-state index in [9.17, 15) is 0 Å². The van der Waals surface area contributed by atoms with Crippen LogP contribution in [0.2, 0.25) is 5.02 Å². The highest BCUT2D eigenvalue weighted by Gasteiger charge is 2.13. The Labute approximate surface area is 107 Å². The molecule has 0 saturated heterocycles. The molecular weight excluding hydrogens is 238 g/mol. The summed E-state index contributed by atoms with van der Waals surface area (Å²) < 4.78 is 5.35. The van der Waals surface area contributed by atoms with Gasteiger partial charge < -0.3 is 21.1 Å². The number of aryl methyl sites for hydroxylation is 1. The number of hydrogen-bond donors (Lipinski definition) is 2. The summed E-state index contributed by atoms with van der Waals surface area (Å²) in [5.41, 5.74) is 13.3. The molecule has 0 radical (unpaired) electrons. The van der Waals surface area contributed by atoms with Gasteiger partial charge >= 0.3 is 0 Å². The molecule has 0 spiro atoms. The maximum Gasteiger partial charge on any atom is 0.142 e. The second kappa shape index (κ2) is 6.10. The molecule has 0 heterocycles. The first-order chi connectivity index (χ1) is 7.99. The Morgan fingerprint density at radius 2 is 2.12 bits per heavy atom. The number of ether oxygens (including phenoxy) is 1. The summed E-state index contributed by atoms with van der Waals surface area (Å²) in [4.78, 5) is 2.00. The predicted octanol–water partition coefficient (Wildman–Crippen LogP) is 1.38. The second-order valence-corrected chi connectivity index (χ2v) is 4.56. The van der Waals surface area contributed by atoms with E-state index in [4.69, 9.17) is 27.8 Å². The van der Waals surface area contributed by atoms with Crippen LogP contribution < -0.4 is 21.1 Å². The molecule has 1 unspecified atom stereocenters. The molecule has 0 aromatic heterocycles. The van der Waals surface area contributed by atoms with Crippen molar-refractivity contribution in [1.82, 2.24) is 0 Å². The Morgan fingerprint density at radius 3 is 2.65 bits per heavy atom. The van der Waals surface area contributed by atoms with E-state index in [1.807, 2.05) is 31.0 Å². The Hall–Kier alpha value is -0.970. The molecule has 0 fully saturated rings. The van der Waals surface area contributed by atoms with Crippen LogP contribution in [0, 0.1) is 6.92 Å². The van der Waals surface area contributed by atoms with Gasteiger partial charge in [-0.25, -0.2) is 0 Å². The zero-order chi connectivity index (χ0) is 13.0. The van der Waals surface area contributed by atoms with Gasteiger partial charge in [0.1, 0.15) is 5.75 Å². The molecule has 0 amide bonds. The minimum atomic E-state index is -0.0650. The van der Waals surface area contributed by atoms with Gasteiger partial charge in [0.05, 0.1) is 12.8 Å². The first kappa shape index (κ1) is 14.1. The van der Waals surface area contributed by atoms with Gasteiger partial charge in [0.2, 0.25) is 0 Å². The molecule has 0 aliphatic heterocycles. The smallest absolute Gasteiger partial charge is 0.142 e. The molecule has 0 aliphatic carbocycles. The number of methoxy groups -OCH3 is 1. The second-order valence-electron chi connectivity index (χ2n) is 4.15. The maximum atomic E-state index is 6.12. The lowest BCUT2D eigenvalue weighted by molar-refractivity contribution is 0.414. The lowest BCUT2D eigenvalue weighted by atomic mass is 10.2. The minimum Gasteiger partial charge on any atom is -0.495 e. The van der Waals surface area contributed by atoms with Crippen LogP contribution in [-0.4, -0.2) is 33.3 Å². The van der Waals surface area contributed by atoms with E-state index in [-0.39, 0.29) is 6.04 Å². The Morgan fingerprint density at radius 1 is 1.47 bits per heavy atom. The van der Waals surface area contributed by atoms with Gasteiger partial charge in [-0.05, 0) is 24.6 Å². The molecule has 1 atom stereocenters. The highest BCUT2D eigenvalue weighted by molar-refractivity contribution is 6.31. The summed E-state index contributed by atoms with van der Waals surface area (Å²) in [6, 6.07) is 3.74. The highest BCUT2D eigenvalue weighted by atomic mass is 35.5. The van der Waals surface area contributed by atoms with Crippen molar-refractivity contribution in [3.8, 4) is 5.75 Å². The largest absolute Gasteiger partial charge is 0.495 e. The van der Waals surface area contributed by atoms with Crippen LogP contribution in [0.1, 0.15) is 5.56 Å². The summed E-state index contributed by atoms with van der Waals surface area (Å²) in [6.07, 6.45) is 0. The number of halogens is 1. The molecule has 0 bridgehead atoms. The van der Waals surface area contributed by atoms with Gasteiger partial charge in [-0.3, -0.25) is 0 Å². The van der Waals surface area contributed by atoms with E-state index in [2.05, 4.69) is 0 Å². The minimum absolute atomic E-state index is 0.0650. The normalized spacial score (nSPS) is 12.4. The van der Waals surface area contributed by atoms with Crippen LogP contribution in [0.25, 0.3) is 0 Å². The maximum absolute atomic E-state index is 6.12. The van der Waals surface area contributed by atoms with Gasteiger partial charge in [-0.2, -0.15) is 0 Å². The summed E-state index contributed by atoms with van der Waals surface area (Å²) in [5.74, 6) is 0.790. The van der Waals surface area contributed by atoms with Crippen LogP contribution in [0.3, 0.4) is 0 Å². The molecule has 5 heteroatoms. The summed E-state index contributed by atoms with van der Waals surface area (Å²) in [7, 11) is 3.59. The van der Waals surface area contributed by atoms with Crippen molar-refractivity contribution in [3.05, 3.63) is 22.7 Å². The average molecular weight is 258 g/mol. The lowest BCUT2D eigenvalue weighted by Crippen LogP contribution is -2.40. The predicted molar refractivity (Wildman–Crippen MR) is 73.0 cm³/mol. The van der Waals surface area contributed by atoms with E-state index in [0.717, 1.165) is 17.0 Å². The molecule has 17 heavy (non-hydrogen) atoms. The number of hydrogen-bond acceptors (Lipinski definition) is 4. The number of likely N-dealkylation sites (N-methyl/N-ethyl adjacent to an activating group) is 1. The molecule has 0 aliphatic rings. The fourth-order valence-electron chi connectivity index (χ4n) is 1.63. The molecule has 4 nitrogen and oxygen atoms in total. The Kier molecular flexibility index (Phi) is 5.05. The molecule has 1 aromatic carbocycles. The van der Waals surface area contributed by atoms with E-state index >= 15 is 0 Å². The van der Waals surface area contributed by atoms with Crippen molar-refractivity contribution < 1.29 is 4.74 Å². The van der Waals surface area contributed by atoms with Gasteiger partial charge in [0.25, 0.3) is 0 Å². The monoisotopic (exact) mass is 257 g/mol. The summed E-state index contributed by atoms with van der Waals surface area (Å²) >= 11 is 6.12. The number of benzene rings is 1. The van der Waals surface area contributed by atoms with E-state index in [1.165, 1.54) is 0 Å². The molecule has 96 valence electrons. The molecule has 1 rings (SSSR count). The molecule has 0 saturated carbocycles. The zero-order valence-corrected chi connectivity index (χ0v) is 11.3. The van der Waals surface area contributed by atoms with Crippen LogP contribution in [-0.2, 0) is 0 Å². The fourth-order valence-corrected chi connectivity index (χ4v) is 1.79. The quantitative estimate of drug-likeness (QED) is 0.837. The van der Waals surface area contributed by atoms with Crippen molar-refractivity contribution in [2.24, 2.45) is 11.5 Å².